The van der Waals surface area contributed by atoms with Crippen LogP contribution in [-0.2, 0) is 0 Å². The van der Waals surface area contributed by atoms with E-state index in [9.17, 15) is 0 Å². The third kappa shape index (κ3) is 2.34. The van der Waals surface area contributed by atoms with E-state index in [1.807, 2.05) is 6.07 Å². The van der Waals surface area contributed by atoms with E-state index < -0.39 is 0 Å². The Hall–Kier alpha value is -1.95. The van der Waals surface area contributed by atoms with Crippen LogP contribution in [0, 0.1) is 5.41 Å². The Bertz CT molecular complexity index is 500. The molecule has 0 atom stereocenters. The molecule has 2 rings (SSSR count). The van der Waals surface area contributed by atoms with E-state index in [4.69, 9.17) is 11.1 Å². The molecule has 0 spiro atoms. The van der Waals surface area contributed by atoms with Crippen LogP contribution in [0.4, 0.5) is 0 Å². The van der Waals surface area contributed by atoms with Crippen molar-refractivity contribution in [1.82, 2.24) is 15.0 Å². The zero-order chi connectivity index (χ0) is 11.4. The van der Waals surface area contributed by atoms with Crippen molar-refractivity contribution >= 4 is 17.6 Å². The molecule has 0 unspecified atom stereocenters. The molecule has 16 heavy (non-hydrogen) atoms. The monoisotopic (exact) mass is 231 g/mol. The van der Waals surface area contributed by atoms with Gasteiger partial charge in [-0.3, -0.25) is 10.4 Å². The van der Waals surface area contributed by atoms with Crippen molar-refractivity contribution in [3.05, 3.63) is 42.5 Å². The van der Waals surface area contributed by atoms with Crippen LogP contribution in [0.5, 0.6) is 0 Å². The summed E-state index contributed by atoms with van der Waals surface area (Å²) in [4.78, 5) is 13.0. The van der Waals surface area contributed by atoms with E-state index in [1.54, 1.807) is 30.7 Å². The molecule has 2 heterocycles. The van der Waals surface area contributed by atoms with Crippen molar-refractivity contribution in [3.63, 3.8) is 0 Å². The molecule has 0 aliphatic rings. The van der Waals surface area contributed by atoms with Crippen molar-refractivity contribution in [2.24, 2.45) is 5.73 Å². The van der Waals surface area contributed by atoms with Crippen LogP contribution in [0.15, 0.2) is 46.8 Å². The zero-order valence-electron chi connectivity index (χ0n) is 8.29. The van der Waals surface area contributed by atoms with Crippen molar-refractivity contribution in [2.45, 2.75) is 10.1 Å². The molecule has 6 heteroatoms. The summed E-state index contributed by atoms with van der Waals surface area (Å²) >= 11 is 1.34. The van der Waals surface area contributed by atoms with Gasteiger partial charge in [-0.25, -0.2) is 9.97 Å². The SMILES string of the molecule is N=C(N)c1ncccc1Sc1ncccn1. The first-order valence-corrected chi connectivity index (χ1v) is 5.33. The number of nitrogens with zero attached hydrogens (tertiary/aromatic N) is 3. The molecule has 0 bridgehead atoms. The summed E-state index contributed by atoms with van der Waals surface area (Å²) in [7, 11) is 0. The fourth-order valence-corrected chi connectivity index (χ4v) is 1.94. The summed E-state index contributed by atoms with van der Waals surface area (Å²) in [6, 6.07) is 5.38. The minimum Gasteiger partial charge on any atom is -0.382 e. The number of hydrogen-bond acceptors (Lipinski definition) is 5. The lowest BCUT2D eigenvalue weighted by Crippen LogP contribution is -2.14. The topological polar surface area (TPSA) is 88.5 Å². The lowest BCUT2D eigenvalue weighted by Gasteiger charge is -2.04. The largest absolute Gasteiger partial charge is 0.382 e. The number of aromatic nitrogens is 3. The maximum absolute atomic E-state index is 7.40. The predicted molar refractivity (Wildman–Crippen MR) is 61.4 cm³/mol. The van der Waals surface area contributed by atoms with Gasteiger partial charge in [-0.2, -0.15) is 0 Å². The smallest absolute Gasteiger partial charge is 0.192 e. The molecule has 0 saturated heterocycles. The van der Waals surface area contributed by atoms with E-state index in [0.29, 0.717) is 10.9 Å². The molecule has 0 saturated carbocycles. The molecular formula is C10H9N5S. The minimum absolute atomic E-state index is 0.0565. The average Bonchev–Trinajstić information content (AvgIpc) is 2.31. The fourth-order valence-electron chi connectivity index (χ4n) is 1.11. The maximum atomic E-state index is 7.40. The van der Waals surface area contributed by atoms with Gasteiger partial charge in [0.2, 0.25) is 0 Å². The highest BCUT2D eigenvalue weighted by molar-refractivity contribution is 7.99. The summed E-state index contributed by atoms with van der Waals surface area (Å²) in [6.07, 6.45) is 4.94. The van der Waals surface area contributed by atoms with Gasteiger partial charge in [-0.05, 0) is 30.0 Å². The normalized spacial score (nSPS) is 10.0. The van der Waals surface area contributed by atoms with E-state index in [1.165, 1.54) is 11.8 Å². The molecule has 3 N–H and O–H groups in total. The quantitative estimate of drug-likeness (QED) is 0.472. The molecule has 5 nitrogen and oxygen atoms in total. The van der Waals surface area contributed by atoms with Gasteiger partial charge in [0.05, 0.1) is 0 Å². The maximum Gasteiger partial charge on any atom is 0.192 e. The number of hydrogen-bond donors (Lipinski definition) is 2. The zero-order valence-corrected chi connectivity index (χ0v) is 9.11. The first-order valence-electron chi connectivity index (χ1n) is 4.51. The Kier molecular flexibility index (Phi) is 3.11. The van der Waals surface area contributed by atoms with Crippen LogP contribution >= 0.6 is 11.8 Å². The Morgan fingerprint density at radius 2 is 1.81 bits per heavy atom. The number of amidine groups is 1. The van der Waals surface area contributed by atoms with Crippen LogP contribution in [-0.4, -0.2) is 20.8 Å². The van der Waals surface area contributed by atoms with Gasteiger partial charge < -0.3 is 5.73 Å². The molecule has 2 aromatic rings. The third-order valence-corrected chi connectivity index (χ3v) is 2.71. The number of nitrogen functional groups attached to an aromatic ring is 1. The second kappa shape index (κ2) is 4.71. The molecule has 0 fully saturated rings. The van der Waals surface area contributed by atoms with Crippen LogP contribution < -0.4 is 5.73 Å². The van der Waals surface area contributed by atoms with Crippen molar-refractivity contribution in [2.75, 3.05) is 0 Å². The highest BCUT2D eigenvalue weighted by Crippen LogP contribution is 2.25. The van der Waals surface area contributed by atoms with Crippen LogP contribution in [0.3, 0.4) is 0 Å². The van der Waals surface area contributed by atoms with Crippen LogP contribution in [0.25, 0.3) is 0 Å². The molecular weight excluding hydrogens is 222 g/mol. The van der Waals surface area contributed by atoms with E-state index >= 15 is 0 Å². The van der Waals surface area contributed by atoms with Crippen molar-refractivity contribution in [3.8, 4) is 0 Å². The second-order valence-electron chi connectivity index (χ2n) is 2.90. The lowest BCUT2D eigenvalue weighted by atomic mass is 10.3. The average molecular weight is 231 g/mol. The Balaban J connectivity index is 2.31. The Morgan fingerprint density at radius 3 is 2.50 bits per heavy atom. The minimum atomic E-state index is -0.0565. The first-order chi connectivity index (χ1) is 7.77. The Morgan fingerprint density at radius 1 is 1.12 bits per heavy atom. The summed E-state index contributed by atoms with van der Waals surface area (Å²) in [6.45, 7) is 0. The summed E-state index contributed by atoms with van der Waals surface area (Å²) < 4.78 is 0. The van der Waals surface area contributed by atoms with Gasteiger partial charge in [-0.15, -0.1) is 0 Å². The van der Waals surface area contributed by atoms with E-state index in [0.717, 1.165) is 4.90 Å². The standard InChI is InChI=1S/C10H9N5S/c11-9(12)8-7(3-1-4-13-8)16-10-14-5-2-6-15-10/h1-6H,(H3,11,12). The number of rotatable bonds is 3. The number of nitrogens with one attached hydrogen (secondary N) is 1. The van der Waals surface area contributed by atoms with Gasteiger partial charge in [0.25, 0.3) is 0 Å². The third-order valence-electron chi connectivity index (χ3n) is 1.77. The van der Waals surface area contributed by atoms with Gasteiger partial charge in [0, 0.05) is 23.5 Å². The van der Waals surface area contributed by atoms with Gasteiger partial charge >= 0.3 is 0 Å². The molecule has 80 valence electrons. The molecule has 0 aliphatic heterocycles. The summed E-state index contributed by atoms with van der Waals surface area (Å²) in [5, 5.41) is 8.01. The van der Waals surface area contributed by atoms with Crippen LogP contribution in [0.1, 0.15) is 5.69 Å². The van der Waals surface area contributed by atoms with E-state index in [-0.39, 0.29) is 5.84 Å². The molecule has 2 aromatic heterocycles. The fraction of sp³-hybridized carbons (Fsp3) is 0. The highest BCUT2D eigenvalue weighted by Gasteiger charge is 2.08. The van der Waals surface area contributed by atoms with Gasteiger partial charge in [0.1, 0.15) is 11.5 Å². The molecule has 0 amide bonds. The summed E-state index contributed by atoms with van der Waals surface area (Å²) in [5.74, 6) is -0.0565. The highest BCUT2D eigenvalue weighted by atomic mass is 32.2. The van der Waals surface area contributed by atoms with Crippen molar-refractivity contribution < 1.29 is 0 Å². The number of pyridine rings is 1. The van der Waals surface area contributed by atoms with Gasteiger partial charge in [0.15, 0.2) is 5.16 Å². The molecule has 0 aromatic carbocycles. The lowest BCUT2D eigenvalue weighted by molar-refractivity contribution is 0.965. The first kappa shape index (κ1) is 10.6. The van der Waals surface area contributed by atoms with E-state index in [2.05, 4.69) is 15.0 Å². The molecule has 0 radical (unpaired) electrons. The second-order valence-corrected chi connectivity index (χ2v) is 3.91. The summed E-state index contributed by atoms with van der Waals surface area (Å²) in [5.41, 5.74) is 5.89. The molecule has 0 aliphatic carbocycles. The van der Waals surface area contributed by atoms with Crippen molar-refractivity contribution in [1.29, 1.82) is 5.41 Å². The predicted octanol–water partition coefficient (Wildman–Crippen LogP) is 1.31. The van der Waals surface area contributed by atoms with Gasteiger partial charge in [-0.1, -0.05) is 0 Å². The number of nitrogens with two attached hydrogens (primary N) is 1. The van der Waals surface area contributed by atoms with Crippen LogP contribution in [0.2, 0.25) is 0 Å². The Labute approximate surface area is 96.7 Å².